The van der Waals surface area contributed by atoms with Crippen LogP contribution in [-0.4, -0.2) is 38.1 Å². The van der Waals surface area contributed by atoms with Gasteiger partial charge in [0.15, 0.2) is 9.84 Å². The van der Waals surface area contributed by atoms with Gasteiger partial charge in [0.1, 0.15) is 10.7 Å². The lowest BCUT2D eigenvalue weighted by Gasteiger charge is -2.18. The highest BCUT2D eigenvalue weighted by Crippen LogP contribution is 2.26. The molecule has 0 aliphatic carbocycles. The minimum Gasteiger partial charge on any atom is -0.354 e. The van der Waals surface area contributed by atoms with Crippen molar-refractivity contribution in [3.8, 4) is 0 Å². The van der Waals surface area contributed by atoms with E-state index >= 15 is 0 Å². The maximum absolute atomic E-state index is 11.6. The van der Waals surface area contributed by atoms with Gasteiger partial charge in [0.2, 0.25) is 0 Å². The molecule has 4 nitrogen and oxygen atoms in total. The number of nitrogens with zero attached hydrogens (tertiary/aromatic N) is 2. The van der Waals surface area contributed by atoms with E-state index in [1.807, 2.05) is 4.90 Å². The van der Waals surface area contributed by atoms with Crippen molar-refractivity contribution in [1.82, 2.24) is 4.98 Å². The van der Waals surface area contributed by atoms with Crippen molar-refractivity contribution in [1.29, 1.82) is 0 Å². The van der Waals surface area contributed by atoms with Gasteiger partial charge in [-0.05, 0) is 18.6 Å². The second-order valence-electron chi connectivity index (χ2n) is 3.93. The van der Waals surface area contributed by atoms with Crippen molar-refractivity contribution in [3.05, 3.63) is 18.3 Å². The third-order valence-electron chi connectivity index (χ3n) is 2.58. The molecule has 0 radical (unpaired) electrons. The predicted molar refractivity (Wildman–Crippen MR) is 63.8 cm³/mol. The first-order valence-electron chi connectivity index (χ1n) is 5.02. The molecule has 1 aromatic rings. The average Bonchev–Trinajstić information content (AvgIpc) is 2.64. The predicted octanol–water partition coefficient (Wildman–Crippen LogP) is 1.30. The largest absolute Gasteiger partial charge is 0.354 e. The summed E-state index contributed by atoms with van der Waals surface area (Å²) in [4.78, 5) is 6.35. The molecule has 1 aliphatic heterocycles. The minimum atomic E-state index is -3.24. The van der Waals surface area contributed by atoms with Gasteiger partial charge in [0, 0.05) is 25.5 Å². The SMILES string of the molecule is CS(=O)(=O)c1cccnc1N1CCC(Cl)C1. The lowest BCUT2D eigenvalue weighted by Crippen LogP contribution is -2.23. The summed E-state index contributed by atoms with van der Waals surface area (Å²) in [5, 5.41) is 0.0782. The van der Waals surface area contributed by atoms with E-state index in [1.54, 1.807) is 18.3 Å². The fraction of sp³-hybridized carbons (Fsp3) is 0.500. The standard InChI is InChI=1S/C10H13ClN2O2S/c1-16(14,15)9-3-2-5-12-10(9)13-6-4-8(11)7-13/h2-3,5,8H,4,6-7H2,1H3. The van der Waals surface area contributed by atoms with Gasteiger partial charge in [-0.25, -0.2) is 13.4 Å². The van der Waals surface area contributed by atoms with Crippen LogP contribution in [0.2, 0.25) is 0 Å². The molecular weight excluding hydrogens is 248 g/mol. The summed E-state index contributed by atoms with van der Waals surface area (Å²) in [6.07, 6.45) is 3.66. The van der Waals surface area contributed by atoms with Gasteiger partial charge in [-0.3, -0.25) is 0 Å². The maximum Gasteiger partial charge on any atom is 0.179 e. The Morgan fingerprint density at radius 3 is 2.88 bits per heavy atom. The van der Waals surface area contributed by atoms with Gasteiger partial charge < -0.3 is 4.90 Å². The lowest BCUT2D eigenvalue weighted by molar-refractivity contribution is 0.601. The first kappa shape index (κ1) is 11.7. The fourth-order valence-corrected chi connectivity index (χ4v) is 2.92. The fourth-order valence-electron chi connectivity index (χ4n) is 1.82. The molecule has 1 atom stereocenters. The van der Waals surface area contributed by atoms with Crippen molar-refractivity contribution < 1.29 is 8.42 Å². The van der Waals surface area contributed by atoms with Crippen molar-refractivity contribution in [2.24, 2.45) is 0 Å². The highest BCUT2D eigenvalue weighted by molar-refractivity contribution is 7.90. The van der Waals surface area contributed by atoms with Gasteiger partial charge in [-0.2, -0.15) is 0 Å². The number of anilines is 1. The van der Waals surface area contributed by atoms with Crippen LogP contribution in [0.25, 0.3) is 0 Å². The van der Waals surface area contributed by atoms with Crippen molar-refractivity contribution >= 4 is 27.3 Å². The van der Waals surface area contributed by atoms with Crippen LogP contribution in [0, 0.1) is 0 Å². The van der Waals surface area contributed by atoms with Crippen LogP contribution in [-0.2, 0) is 9.84 Å². The maximum atomic E-state index is 11.6. The molecule has 1 aliphatic rings. The van der Waals surface area contributed by atoms with Crippen LogP contribution in [0.3, 0.4) is 0 Å². The Morgan fingerprint density at radius 1 is 1.56 bits per heavy atom. The monoisotopic (exact) mass is 260 g/mol. The smallest absolute Gasteiger partial charge is 0.179 e. The molecule has 1 aromatic heterocycles. The van der Waals surface area contributed by atoms with Crippen LogP contribution < -0.4 is 4.90 Å². The van der Waals surface area contributed by atoms with E-state index in [4.69, 9.17) is 11.6 Å². The Balaban J connectivity index is 2.41. The van der Waals surface area contributed by atoms with Crippen LogP contribution in [0.1, 0.15) is 6.42 Å². The Bertz CT molecular complexity index is 489. The molecule has 88 valence electrons. The van der Waals surface area contributed by atoms with Gasteiger partial charge in [0.05, 0.1) is 5.38 Å². The Kier molecular flexibility index (Phi) is 3.08. The quantitative estimate of drug-likeness (QED) is 0.753. The average molecular weight is 261 g/mol. The summed E-state index contributed by atoms with van der Waals surface area (Å²) in [5.74, 6) is 0.521. The first-order valence-corrected chi connectivity index (χ1v) is 7.35. The van der Waals surface area contributed by atoms with Gasteiger partial charge in [-0.15, -0.1) is 11.6 Å². The van der Waals surface area contributed by atoms with Gasteiger partial charge in [0.25, 0.3) is 0 Å². The molecule has 0 saturated carbocycles. The number of pyridine rings is 1. The van der Waals surface area contributed by atoms with E-state index < -0.39 is 9.84 Å². The summed E-state index contributed by atoms with van der Waals surface area (Å²) in [7, 11) is -3.24. The molecule has 1 fully saturated rings. The summed E-state index contributed by atoms with van der Waals surface area (Å²) in [6.45, 7) is 1.41. The molecule has 6 heteroatoms. The third-order valence-corrected chi connectivity index (χ3v) is 4.05. The molecule has 2 rings (SSSR count). The normalized spacial score (nSPS) is 21.4. The van der Waals surface area contributed by atoms with E-state index in [0.29, 0.717) is 12.4 Å². The van der Waals surface area contributed by atoms with Gasteiger partial charge in [-0.1, -0.05) is 0 Å². The zero-order valence-corrected chi connectivity index (χ0v) is 10.5. The molecule has 0 spiro atoms. The molecule has 1 saturated heterocycles. The van der Waals surface area contributed by atoms with Crippen molar-refractivity contribution in [2.75, 3.05) is 24.2 Å². The van der Waals surface area contributed by atoms with E-state index in [9.17, 15) is 8.42 Å². The van der Waals surface area contributed by atoms with Crippen LogP contribution in [0.5, 0.6) is 0 Å². The second-order valence-corrected chi connectivity index (χ2v) is 6.53. The number of hydrogen-bond donors (Lipinski definition) is 0. The Labute approximate surface area is 100 Å². The van der Waals surface area contributed by atoms with E-state index in [-0.39, 0.29) is 10.3 Å². The van der Waals surface area contributed by atoms with Gasteiger partial charge >= 0.3 is 0 Å². The minimum absolute atomic E-state index is 0.0782. The summed E-state index contributed by atoms with van der Waals surface area (Å²) >= 11 is 6.00. The highest BCUT2D eigenvalue weighted by atomic mass is 35.5. The number of halogens is 1. The van der Waals surface area contributed by atoms with E-state index in [0.717, 1.165) is 13.0 Å². The van der Waals surface area contributed by atoms with Crippen molar-refractivity contribution in [3.63, 3.8) is 0 Å². The molecule has 2 heterocycles. The molecule has 0 amide bonds. The molecular formula is C10H13ClN2O2S. The number of rotatable bonds is 2. The van der Waals surface area contributed by atoms with Crippen molar-refractivity contribution in [2.45, 2.75) is 16.7 Å². The zero-order chi connectivity index (χ0) is 11.8. The van der Waals surface area contributed by atoms with Crippen LogP contribution in [0.4, 0.5) is 5.82 Å². The third kappa shape index (κ3) is 2.30. The summed E-state index contributed by atoms with van der Waals surface area (Å²) in [6, 6.07) is 3.22. The van der Waals surface area contributed by atoms with Crippen LogP contribution >= 0.6 is 11.6 Å². The van der Waals surface area contributed by atoms with E-state index in [2.05, 4.69) is 4.98 Å². The molecule has 16 heavy (non-hydrogen) atoms. The van der Waals surface area contributed by atoms with E-state index in [1.165, 1.54) is 6.26 Å². The summed E-state index contributed by atoms with van der Waals surface area (Å²) < 4.78 is 23.2. The topological polar surface area (TPSA) is 50.3 Å². The molecule has 1 unspecified atom stereocenters. The molecule has 0 aromatic carbocycles. The molecule has 0 bridgehead atoms. The highest BCUT2D eigenvalue weighted by Gasteiger charge is 2.25. The molecule has 0 N–H and O–H groups in total. The zero-order valence-electron chi connectivity index (χ0n) is 8.93. The number of sulfone groups is 1. The summed E-state index contributed by atoms with van der Waals surface area (Å²) in [5.41, 5.74) is 0. The Morgan fingerprint density at radius 2 is 2.31 bits per heavy atom. The number of hydrogen-bond acceptors (Lipinski definition) is 4. The first-order chi connectivity index (χ1) is 7.48. The second kappa shape index (κ2) is 4.22. The lowest BCUT2D eigenvalue weighted by atomic mass is 10.4. The Hall–Kier alpha value is -0.810. The number of aromatic nitrogens is 1. The van der Waals surface area contributed by atoms with Crippen LogP contribution in [0.15, 0.2) is 23.2 Å². The number of alkyl halides is 1.